The average molecular weight is 224 g/mol. The lowest BCUT2D eigenvalue weighted by atomic mass is 10.2. The summed E-state index contributed by atoms with van der Waals surface area (Å²) in [4.78, 5) is 0. The van der Waals surface area contributed by atoms with Crippen molar-refractivity contribution in [3.8, 4) is 17.6 Å². The minimum Gasteiger partial charge on any atom is -0.467 e. The van der Waals surface area contributed by atoms with Crippen LogP contribution in [0.15, 0.2) is 18.2 Å². The zero-order chi connectivity index (χ0) is 11.8. The van der Waals surface area contributed by atoms with Crippen LogP contribution in [0, 0.1) is 17.7 Å². The molecule has 0 amide bonds. The van der Waals surface area contributed by atoms with Gasteiger partial charge in [0.2, 0.25) is 0 Å². The van der Waals surface area contributed by atoms with E-state index >= 15 is 0 Å². The molecular weight excluding hydrogens is 211 g/mol. The number of methoxy groups -OCH3 is 1. The highest BCUT2D eigenvalue weighted by molar-refractivity contribution is 5.40. The lowest BCUT2D eigenvalue weighted by molar-refractivity contribution is 0.0509. The smallest absolute Gasteiger partial charge is 0.188 e. The van der Waals surface area contributed by atoms with Crippen LogP contribution in [0.3, 0.4) is 0 Å². The van der Waals surface area contributed by atoms with E-state index in [1.807, 2.05) is 0 Å². The van der Waals surface area contributed by atoms with E-state index in [2.05, 4.69) is 11.8 Å². The van der Waals surface area contributed by atoms with Crippen LogP contribution in [0.5, 0.6) is 5.75 Å². The molecule has 0 aromatic heterocycles. The zero-order valence-corrected chi connectivity index (χ0v) is 9.00. The minimum atomic E-state index is -0.415. The Morgan fingerprint density at radius 3 is 2.88 bits per heavy atom. The summed E-state index contributed by atoms with van der Waals surface area (Å²) in [5.41, 5.74) is 0.513. The van der Waals surface area contributed by atoms with E-state index in [-0.39, 0.29) is 13.4 Å². The summed E-state index contributed by atoms with van der Waals surface area (Å²) in [6.07, 6.45) is 0.366. The van der Waals surface area contributed by atoms with E-state index in [1.165, 1.54) is 19.2 Å². The first kappa shape index (κ1) is 12.5. The van der Waals surface area contributed by atoms with Crippen LogP contribution < -0.4 is 4.74 Å². The first-order valence-corrected chi connectivity index (χ1v) is 4.78. The maximum Gasteiger partial charge on any atom is 0.188 e. The van der Waals surface area contributed by atoms with E-state index < -0.39 is 5.82 Å². The van der Waals surface area contributed by atoms with Crippen molar-refractivity contribution in [2.24, 2.45) is 0 Å². The van der Waals surface area contributed by atoms with Crippen molar-refractivity contribution in [3.63, 3.8) is 0 Å². The number of rotatable bonds is 4. The molecule has 0 saturated carbocycles. The van der Waals surface area contributed by atoms with Crippen molar-refractivity contribution in [2.75, 3.05) is 20.5 Å². The van der Waals surface area contributed by atoms with Crippen LogP contribution in [-0.2, 0) is 4.74 Å². The number of ether oxygens (including phenoxy) is 2. The van der Waals surface area contributed by atoms with E-state index in [1.54, 1.807) is 6.07 Å². The standard InChI is InChI=1S/C12H13FO3/c1-15-9-16-12-7-10(4-2-3-5-14)6-11(13)8-12/h6-8,14H,3,5,9H2,1H3. The Kier molecular flexibility index (Phi) is 5.34. The van der Waals surface area contributed by atoms with E-state index in [4.69, 9.17) is 14.6 Å². The van der Waals surface area contributed by atoms with Gasteiger partial charge in [0.15, 0.2) is 6.79 Å². The van der Waals surface area contributed by atoms with Gasteiger partial charge in [-0.15, -0.1) is 0 Å². The van der Waals surface area contributed by atoms with Gasteiger partial charge in [-0.05, 0) is 12.1 Å². The largest absolute Gasteiger partial charge is 0.467 e. The number of benzene rings is 1. The van der Waals surface area contributed by atoms with E-state index in [0.29, 0.717) is 17.7 Å². The first-order chi connectivity index (χ1) is 7.76. The van der Waals surface area contributed by atoms with Crippen molar-refractivity contribution in [1.82, 2.24) is 0 Å². The fraction of sp³-hybridized carbons (Fsp3) is 0.333. The van der Waals surface area contributed by atoms with Crippen LogP contribution in [-0.4, -0.2) is 25.6 Å². The van der Waals surface area contributed by atoms with Crippen molar-refractivity contribution in [3.05, 3.63) is 29.6 Å². The molecule has 0 bridgehead atoms. The van der Waals surface area contributed by atoms with Gasteiger partial charge in [0.05, 0.1) is 6.61 Å². The van der Waals surface area contributed by atoms with Gasteiger partial charge in [0.25, 0.3) is 0 Å². The molecule has 0 atom stereocenters. The van der Waals surface area contributed by atoms with Gasteiger partial charge in [-0.2, -0.15) is 0 Å². The number of aliphatic hydroxyl groups is 1. The lowest BCUT2D eigenvalue weighted by Crippen LogP contribution is -1.99. The Balaban J connectivity index is 2.78. The second-order valence-electron chi connectivity index (χ2n) is 3.00. The molecule has 1 aromatic rings. The Bertz CT molecular complexity index is 393. The predicted molar refractivity (Wildman–Crippen MR) is 57.5 cm³/mol. The molecule has 1 N–H and O–H groups in total. The van der Waals surface area contributed by atoms with Crippen LogP contribution in [0.25, 0.3) is 0 Å². The maximum atomic E-state index is 13.1. The molecule has 0 aliphatic rings. The van der Waals surface area contributed by atoms with Gasteiger partial charge in [0, 0.05) is 25.2 Å². The van der Waals surface area contributed by atoms with Crippen molar-refractivity contribution >= 4 is 0 Å². The summed E-state index contributed by atoms with van der Waals surface area (Å²) in [7, 11) is 1.49. The topological polar surface area (TPSA) is 38.7 Å². The second-order valence-corrected chi connectivity index (χ2v) is 3.00. The number of hydrogen-bond acceptors (Lipinski definition) is 3. The predicted octanol–water partition coefficient (Wildman–Crippen LogP) is 1.54. The fourth-order valence-electron chi connectivity index (χ4n) is 1.07. The van der Waals surface area contributed by atoms with Crippen molar-refractivity contribution < 1.29 is 19.0 Å². The molecule has 0 spiro atoms. The SMILES string of the molecule is COCOc1cc(F)cc(C#CCCO)c1. The molecule has 0 aliphatic carbocycles. The average Bonchev–Trinajstić information content (AvgIpc) is 2.26. The molecule has 4 heteroatoms. The highest BCUT2D eigenvalue weighted by Crippen LogP contribution is 2.15. The maximum absolute atomic E-state index is 13.1. The zero-order valence-electron chi connectivity index (χ0n) is 9.00. The molecule has 0 aliphatic heterocycles. The van der Waals surface area contributed by atoms with Crippen molar-refractivity contribution in [2.45, 2.75) is 6.42 Å². The van der Waals surface area contributed by atoms with Gasteiger partial charge >= 0.3 is 0 Å². The van der Waals surface area contributed by atoms with Crippen LogP contribution in [0.2, 0.25) is 0 Å². The first-order valence-electron chi connectivity index (χ1n) is 4.78. The van der Waals surface area contributed by atoms with Gasteiger partial charge in [0.1, 0.15) is 11.6 Å². The minimum absolute atomic E-state index is 0.00462. The van der Waals surface area contributed by atoms with Crippen molar-refractivity contribution in [1.29, 1.82) is 0 Å². The molecule has 0 saturated heterocycles. The molecule has 16 heavy (non-hydrogen) atoms. The molecule has 0 heterocycles. The lowest BCUT2D eigenvalue weighted by Gasteiger charge is -2.04. The van der Waals surface area contributed by atoms with E-state index in [9.17, 15) is 4.39 Å². The fourth-order valence-corrected chi connectivity index (χ4v) is 1.07. The normalized spacial score (nSPS) is 9.44. The van der Waals surface area contributed by atoms with Gasteiger partial charge in [-0.3, -0.25) is 0 Å². The summed E-state index contributed by atoms with van der Waals surface area (Å²) in [5.74, 6) is 5.40. The monoisotopic (exact) mass is 224 g/mol. The molecule has 1 aromatic carbocycles. The van der Waals surface area contributed by atoms with Crippen LogP contribution >= 0.6 is 0 Å². The Morgan fingerprint density at radius 2 is 2.19 bits per heavy atom. The summed E-state index contributed by atoms with van der Waals surface area (Å²) in [6.45, 7) is 0.0578. The summed E-state index contributed by atoms with van der Waals surface area (Å²) >= 11 is 0. The third-order valence-electron chi connectivity index (χ3n) is 1.68. The third kappa shape index (κ3) is 4.30. The number of hydrogen-bond donors (Lipinski definition) is 1. The molecular formula is C12H13FO3. The summed E-state index contributed by atoms with van der Waals surface area (Å²) in [6, 6.07) is 4.19. The number of halogens is 1. The highest BCUT2D eigenvalue weighted by Gasteiger charge is 1.99. The Labute approximate surface area is 93.8 Å². The summed E-state index contributed by atoms with van der Waals surface area (Å²) in [5, 5.41) is 8.55. The van der Waals surface area contributed by atoms with Crippen LogP contribution in [0.4, 0.5) is 4.39 Å². The number of aliphatic hydroxyl groups excluding tert-OH is 1. The second kappa shape index (κ2) is 6.83. The van der Waals surface area contributed by atoms with Gasteiger partial charge < -0.3 is 14.6 Å². The molecule has 0 unspecified atom stereocenters. The van der Waals surface area contributed by atoms with Gasteiger partial charge in [-0.1, -0.05) is 11.8 Å². The molecule has 3 nitrogen and oxygen atoms in total. The molecule has 86 valence electrons. The van der Waals surface area contributed by atoms with Gasteiger partial charge in [-0.25, -0.2) is 4.39 Å². The Morgan fingerprint density at radius 1 is 1.38 bits per heavy atom. The van der Waals surface area contributed by atoms with E-state index in [0.717, 1.165) is 0 Å². The third-order valence-corrected chi connectivity index (χ3v) is 1.68. The summed E-state index contributed by atoms with van der Waals surface area (Å²) < 4.78 is 22.9. The quantitative estimate of drug-likeness (QED) is 0.623. The molecule has 0 radical (unpaired) electrons. The molecule has 1 rings (SSSR count). The Hall–Kier alpha value is -1.57. The molecule has 0 fully saturated rings. The van der Waals surface area contributed by atoms with Crippen LogP contribution in [0.1, 0.15) is 12.0 Å². The highest BCUT2D eigenvalue weighted by atomic mass is 19.1.